The second-order valence-electron chi connectivity index (χ2n) is 14.2. The van der Waals surface area contributed by atoms with Crippen LogP contribution in [0.4, 0.5) is 17.6 Å². The Balaban J connectivity index is 0.000000174. The molecule has 324 valence electrons. The van der Waals surface area contributed by atoms with Gasteiger partial charge in [-0.15, -0.1) is 47.0 Å². The largest absolute Gasteiger partial charge is 0.435 e. The third-order valence-corrected chi connectivity index (χ3v) is 16.3. The van der Waals surface area contributed by atoms with Crippen molar-refractivity contribution in [2.24, 2.45) is 0 Å². The molecular formula is C48H46F4N2O4S4. The van der Waals surface area contributed by atoms with Crippen LogP contribution in [0.5, 0.6) is 11.5 Å². The summed E-state index contributed by atoms with van der Waals surface area (Å²) in [5.41, 5.74) is 9.22. The summed E-state index contributed by atoms with van der Waals surface area (Å²) >= 11 is 7.61. The Morgan fingerprint density at radius 2 is 1.21 bits per heavy atom. The van der Waals surface area contributed by atoms with Gasteiger partial charge in [0.2, 0.25) is 0 Å². The van der Waals surface area contributed by atoms with Gasteiger partial charge in [0, 0.05) is 30.4 Å². The van der Waals surface area contributed by atoms with Crippen molar-refractivity contribution in [1.82, 2.24) is 9.97 Å². The van der Waals surface area contributed by atoms with E-state index in [1.807, 2.05) is 48.9 Å². The third kappa shape index (κ3) is 12.8. The van der Waals surface area contributed by atoms with Gasteiger partial charge >= 0.3 is 13.2 Å². The molecule has 0 aliphatic carbocycles. The Bertz CT molecular complexity index is 2330. The fourth-order valence-corrected chi connectivity index (χ4v) is 13.1. The minimum absolute atomic E-state index is 0.0978. The standard InChI is InChI=1S/C24H23F2NO2S2.C15H15NS2.C9H8F2O2/c1-16-13-18(8-9-21(16)29-23(25)26)22(28)24(30-11-4-12-31-24)20-7-2-5-17(14-20)19-6-3-10-27-15-19;1-4-12(14-6-2-7-16-11-14)10-13(5-1)15-17-8-3-9-18-15;1-6-4-7(5-12)2-3-8(6)13-9(10)11/h2-3,5-10,13-15,22-23,28H,4,11-12H2,1H3;1-2,4-7,10-11,15H,3,8-9H2;2-5,9H,1H3. The van der Waals surface area contributed by atoms with E-state index in [-0.39, 0.29) is 11.5 Å². The zero-order valence-electron chi connectivity index (χ0n) is 34.0. The number of rotatable bonds is 11. The monoisotopic (exact) mass is 918 g/mol. The molecule has 1 N–H and O–H groups in total. The van der Waals surface area contributed by atoms with E-state index in [0.717, 1.165) is 34.6 Å². The summed E-state index contributed by atoms with van der Waals surface area (Å²) in [7, 11) is 0. The molecule has 6 nitrogen and oxygen atoms in total. The summed E-state index contributed by atoms with van der Waals surface area (Å²) in [5.74, 6) is 4.67. The van der Waals surface area contributed by atoms with Gasteiger partial charge in [-0.25, -0.2) is 0 Å². The van der Waals surface area contributed by atoms with Crippen molar-refractivity contribution in [3.8, 4) is 33.8 Å². The number of aliphatic hydroxyl groups excluding tert-OH is 1. The Morgan fingerprint density at radius 1 is 0.661 bits per heavy atom. The minimum atomic E-state index is -2.87. The maximum absolute atomic E-state index is 12.6. The first-order valence-electron chi connectivity index (χ1n) is 19.8. The predicted octanol–water partition coefficient (Wildman–Crippen LogP) is 13.4. The van der Waals surface area contributed by atoms with Gasteiger partial charge in [0.05, 0.1) is 4.58 Å². The predicted molar refractivity (Wildman–Crippen MR) is 249 cm³/mol. The normalized spacial score (nSPS) is 15.4. The van der Waals surface area contributed by atoms with Gasteiger partial charge in [-0.1, -0.05) is 54.6 Å². The third-order valence-electron chi connectivity index (χ3n) is 9.80. The average Bonchev–Trinajstić information content (AvgIpc) is 3.31. The molecule has 2 saturated heterocycles. The van der Waals surface area contributed by atoms with E-state index >= 15 is 0 Å². The molecule has 2 aliphatic rings. The topological polar surface area (TPSA) is 81.5 Å². The lowest BCUT2D eigenvalue weighted by atomic mass is 9.96. The van der Waals surface area contributed by atoms with Gasteiger partial charge in [0.15, 0.2) is 0 Å². The first-order chi connectivity index (χ1) is 30.1. The highest BCUT2D eigenvalue weighted by Crippen LogP contribution is 2.58. The number of hydrogen-bond donors (Lipinski definition) is 1. The molecule has 0 spiro atoms. The Labute approximate surface area is 377 Å². The van der Waals surface area contributed by atoms with Crippen LogP contribution < -0.4 is 9.47 Å². The molecule has 2 aromatic heterocycles. The summed E-state index contributed by atoms with van der Waals surface area (Å²) < 4.78 is 57.6. The maximum atomic E-state index is 12.6. The fourth-order valence-electron chi connectivity index (χ4n) is 6.82. The minimum Gasteiger partial charge on any atom is -0.435 e. The molecule has 62 heavy (non-hydrogen) atoms. The fraction of sp³-hybridized carbons (Fsp3) is 0.271. The van der Waals surface area contributed by atoms with Crippen LogP contribution in [0.25, 0.3) is 22.3 Å². The molecule has 2 fully saturated rings. The van der Waals surface area contributed by atoms with Crippen molar-refractivity contribution in [3.63, 3.8) is 0 Å². The van der Waals surface area contributed by atoms with Gasteiger partial charge in [-0.05, 0) is 154 Å². The molecule has 1 unspecified atom stereocenters. The number of ether oxygens (including phenoxy) is 2. The van der Waals surface area contributed by atoms with Crippen LogP contribution in [0.15, 0.2) is 134 Å². The lowest BCUT2D eigenvalue weighted by Gasteiger charge is -2.40. The molecule has 4 heterocycles. The first-order valence-corrected chi connectivity index (χ1v) is 23.9. The Morgan fingerprint density at radius 3 is 1.76 bits per heavy atom. The SMILES string of the molecule is Cc1cc(C(O)C2(c3cccc(-c4cccnc4)c3)SCCCS2)ccc1OC(F)F.Cc1cc(C=O)ccc1OC(F)F.c1cncc(-c2cccc(C3SCCCS3)c2)c1. The van der Waals surface area contributed by atoms with Gasteiger partial charge in [0.1, 0.15) is 28.0 Å². The van der Waals surface area contributed by atoms with Crippen molar-refractivity contribution >= 4 is 53.3 Å². The summed E-state index contributed by atoms with van der Waals surface area (Å²) in [6, 6.07) is 34.3. The van der Waals surface area contributed by atoms with Crippen LogP contribution in [0.3, 0.4) is 0 Å². The van der Waals surface area contributed by atoms with Crippen LogP contribution in [-0.2, 0) is 4.08 Å². The number of nitrogens with zero attached hydrogens (tertiary/aromatic N) is 2. The number of carbonyl (C=O) groups is 1. The van der Waals surface area contributed by atoms with Crippen LogP contribution >= 0.6 is 47.0 Å². The smallest absolute Gasteiger partial charge is 0.387 e. The highest BCUT2D eigenvalue weighted by atomic mass is 32.2. The quantitative estimate of drug-likeness (QED) is 0.100. The number of hydrogen-bond acceptors (Lipinski definition) is 10. The zero-order valence-corrected chi connectivity index (χ0v) is 37.3. The van der Waals surface area contributed by atoms with E-state index in [4.69, 9.17) is 0 Å². The first kappa shape index (κ1) is 47.0. The molecule has 1 atom stereocenters. The number of pyridine rings is 2. The van der Waals surface area contributed by atoms with Crippen molar-refractivity contribution in [2.45, 2.75) is 54.7 Å². The molecule has 0 saturated carbocycles. The number of aldehydes is 1. The molecule has 6 aromatic rings. The summed E-state index contributed by atoms with van der Waals surface area (Å²) in [6.45, 7) is -2.39. The molecule has 2 aliphatic heterocycles. The maximum Gasteiger partial charge on any atom is 0.387 e. The highest BCUT2D eigenvalue weighted by Gasteiger charge is 2.43. The molecule has 4 aromatic carbocycles. The number of aryl methyl sites for hydroxylation is 2. The van der Waals surface area contributed by atoms with Crippen LogP contribution in [0.2, 0.25) is 0 Å². The number of aromatic nitrogens is 2. The van der Waals surface area contributed by atoms with E-state index in [2.05, 4.69) is 85.4 Å². The average molecular weight is 919 g/mol. The number of thioether (sulfide) groups is 4. The van der Waals surface area contributed by atoms with E-state index in [1.165, 1.54) is 58.9 Å². The molecule has 8 rings (SSSR count). The van der Waals surface area contributed by atoms with Gasteiger partial charge in [-0.3, -0.25) is 14.8 Å². The summed E-state index contributed by atoms with van der Waals surface area (Å²) in [4.78, 5) is 18.7. The van der Waals surface area contributed by atoms with Gasteiger partial charge in [-0.2, -0.15) is 17.6 Å². The van der Waals surface area contributed by atoms with Crippen LogP contribution in [0.1, 0.15) is 61.7 Å². The van der Waals surface area contributed by atoms with Crippen LogP contribution in [0, 0.1) is 13.8 Å². The van der Waals surface area contributed by atoms with E-state index in [0.29, 0.717) is 33.1 Å². The lowest BCUT2D eigenvalue weighted by molar-refractivity contribution is -0.0509. The van der Waals surface area contributed by atoms with E-state index in [1.54, 1.807) is 55.7 Å². The van der Waals surface area contributed by atoms with Crippen molar-refractivity contribution < 1.29 is 36.9 Å². The van der Waals surface area contributed by atoms with Crippen molar-refractivity contribution in [2.75, 3.05) is 23.0 Å². The number of halogens is 4. The van der Waals surface area contributed by atoms with Gasteiger partial charge < -0.3 is 14.6 Å². The second kappa shape index (κ2) is 23.3. The van der Waals surface area contributed by atoms with E-state index < -0.39 is 23.4 Å². The van der Waals surface area contributed by atoms with E-state index in [9.17, 15) is 27.5 Å². The Kier molecular flexibility index (Phi) is 17.7. The number of aliphatic hydroxyl groups is 1. The molecular weight excluding hydrogens is 873 g/mol. The second-order valence-corrected chi connectivity index (χ2v) is 19.8. The zero-order chi connectivity index (χ0) is 43.9. The number of carbonyl (C=O) groups excluding carboxylic acids is 1. The molecule has 0 amide bonds. The Hall–Kier alpha value is -4.47. The van der Waals surface area contributed by atoms with Crippen molar-refractivity contribution in [3.05, 3.63) is 167 Å². The summed E-state index contributed by atoms with van der Waals surface area (Å²) in [5, 5.41) is 11.6. The van der Waals surface area contributed by atoms with Crippen molar-refractivity contribution in [1.29, 1.82) is 0 Å². The van der Waals surface area contributed by atoms with Crippen LogP contribution in [-0.4, -0.2) is 57.6 Å². The molecule has 14 heteroatoms. The number of benzene rings is 4. The molecule has 0 radical (unpaired) electrons. The highest BCUT2D eigenvalue weighted by molar-refractivity contribution is 8.18. The van der Waals surface area contributed by atoms with Gasteiger partial charge in [0.25, 0.3) is 0 Å². The summed E-state index contributed by atoms with van der Waals surface area (Å²) in [6.07, 6.45) is 9.58. The number of alkyl halides is 4. The lowest BCUT2D eigenvalue weighted by Crippen LogP contribution is -2.30. The molecule has 0 bridgehead atoms.